The number of nitrogens with zero attached hydrogens (tertiary/aromatic N) is 2. The molecule has 1 saturated carbocycles. The molecule has 3 fully saturated rings. The monoisotopic (exact) mass is 480 g/mol. The zero-order valence-electron chi connectivity index (χ0n) is 18.6. The van der Waals surface area contributed by atoms with Gasteiger partial charge in [0.2, 0.25) is 15.9 Å². The summed E-state index contributed by atoms with van der Waals surface area (Å²) < 4.78 is 38.1. The van der Waals surface area contributed by atoms with Gasteiger partial charge in [-0.1, -0.05) is 0 Å². The number of imide groups is 1. The highest BCUT2D eigenvalue weighted by Gasteiger charge is 2.56. The third kappa shape index (κ3) is 4.55. The predicted molar refractivity (Wildman–Crippen MR) is 117 cm³/mol. The van der Waals surface area contributed by atoms with E-state index in [0.29, 0.717) is 19.8 Å². The van der Waals surface area contributed by atoms with Crippen LogP contribution in [0.25, 0.3) is 0 Å². The van der Waals surface area contributed by atoms with Crippen LogP contribution in [0.1, 0.15) is 26.7 Å². The van der Waals surface area contributed by atoms with Crippen molar-refractivity contribution in [2.45, 2.75) is 37.1 Å². The Bertz CT molecular complexity index is 1070. The number of rotatable bonds is 8. The van der Waals surface area contributed by atoms with E-state index >= 15 is 0 Å². The van der Waals surface area contributed by atoms with Gasteiger partial charge in [0, 0.05) is 13.1 Å². The molecule has 1 aromatic carbocycles. The molecular weight excluding hydrogens is 452 g/mol. The lowest BCUT2D eigenvalue weighted by Crippen LogP contribution is -2.46. The normalized spacial score (nSPS) is 24.0. The lowest BCUT2D eigenvalue weighted by atomic mass is 9.96. The van der Waals surface area contributed by atoms with Gasteiger partial charge in [-0.2, -0.15) is 4.31 Å². The van der Waals surface area contributed by atoms with Crippen LogP contribution in [0, 0.1) is 5.92 Å². The smallest absolute Gasteiger partial charge is 0.325 e. The first-order valence-corrected chi connectivity index (χ1v) is 12.4. The molecule has 12 heteroatoms. The summed E-state index contributed by atoms with van der Waals surface area (Å²) in [6, 6.07) is 3.61. The molecule has 1 atom stereocenters. The number of carbonyl (C=O) groups is 3. The van der Waals surface area contributed by atoms with Gasteiger partial charge in [-0.15, -0.1) is 0 Å². The van der Waals surface area contributed by atoms with Crippen LogP contribution in [0.2, 0.25) is 0 Å². The molecule has 0 radical (unpaired) electrons. The van der Waals surface area contributed by atoms with Gasteiger partial charge in [0.25, 0.3) is 5.91 Å². The number of morpholine rings is 1. The average Bonchev–Trinajstić information content (AvgIpc) is 3.62. The van der Waals surface area contributed by atoms with E-state index in [4.69, 9.17) is 9.47 Å². The summed E-state index contributed by atoms with van der Waals surface area (Å²) in [5, 5.41) is 5.30. The van der Waals surface area contributed by atoms with Gasteiger partial charge in [0.1, 0.15) is 17.8 Å². The minimum Gasteiger partial charge on any atom is -0.492 e. The Morgan fingerprint density at radius 2 is 1.97 bits per heavy atom. The predicted octanol–water partition coefficient (Wildman–Crippen LogP) is 0.765. The van der Waals surface area contributed by atoms with Crippen LogP contribution in [0.3, 0.4) is 0 Å². The second kappa shape index (κ2) is 8.92. The van der Waals surface area contributed by atoms with Gasteiger partial charge < -0.3 is 20.1 Å². The van der Waals surface area contributed by atoms with E-state index in [1.54, 1.807) is 13.8 Å². The van der Waals surface area contributed by atoms with E-state index < -0.39 is 40.0 Å². The Kier molecular flexibility index (Phi) is 6.34. The van der Waals surface area contributed by atoms with E-state index in [9.17, 15) is 22.8 Å². The molecule has 1 aliphatic carbocycles. The molecule has 0 bridgehead atoms. The Hall–Kier alpha value is -2.70. The molecule has 11 nitrogen and oxygen atoms in total. The Morgan fingerprint density at radius 3 is 2.61 bits per heavy atom. The Labute approximate surface area is 192 Å². The van der Waals surface area contributed by atoms with E-state index in [-0.39, 0.29) is 35.3 Å². The third-order valence-corrected chi connectivity index (χ3v) is 8.02. The maximum absolute atomic E-state index is 13.0. The van der Waals surface area contributed by atoms with Crippen molar-refractivity contribution in [2.24, 2.45) is 5.92 Å². The summed E-state index contributed by atoms with van der Waals surface area (Å²) in [5.41, 5.74) is -0.840. The first-order chi connectivity index (χ1) is 15.7. The summed E-state index contributed by atoms with van der Waals surface area (Å²) in [6.45, 7) is 4.35. The zero-order chi connectivity index (χ0) is 23.8. The molecule has 0 spiro atoms. The van der Waals surface area contributed by atoms with Crippen LogP contribution in [0.4, 0.5) is 10.5 Å². The van der Waals surface area contributed by atoms with Crippen LogP contribution in [-0.2, 0) is 24.3 Å². The first kappa shape index (κ1) is 23.5. The summed E-state index contributed by atoms with van der Waals surface area (Å²) in [5.74, 6) is -0.709. The number of hydrogen-bond donors (Lipinski definition) is 2. The van der Waals surface area contributed by atoms with Crippen molar-refractivity contribution in [2.75, 3.05) is 44.8 Å². The summed E-state index contributed by atoms with van der Waals surface area (Å²) in [7, 11) is -3.79. The van der Waals surface area contributed by atoms with Crippen LogP contribution in [-0.4, -0.2) is 80.5 Å². The summed E-state index contributed by atoms with van der Waals surface area (Å²) >= 11 is 0. The third-order valence-electron chi connectivity index (χ3n) is 6.13. The van der Waals surface area contributed by atoms with E-state index in [1.807, 2.05) is 0 Å². The molecule has 2 heterocycles. The molecule has 0 aromatic heterocycles. The van der Waals surface area contributed by atoms with Gasteiger partial charge in [-0.05, 0) is 50.8 Å². The fraction of sp³-hybridized carbons (Fsp3) is 0.571. The van der Waals surface area contributed by atoms with E-state index in [2.05, 4.69) is 10.6 Å². The number of amides is 4. The summed E-state index contributed by atoms with van der Waals surface area (Å²) in [4.78, 5) is 38.8. The highest BCUT2D eigenvalue weighted by atomic mass is 32.2. The van der Waals surface area contributed by atoms with Crippen molar-refractivity contribution >= 4 is 33.6 Å². The number of anilines is 1. The molecule has 1 unspecified atom stereocenters. The second-order valence-electron chi connectivity index (χ2n) is 8.45. The van der Waals surface area contributed by atoms with Gasteiger partial charge in [0.05, 0.1) is 30.4 Å². The molecule has 2 N–H and O–H groups in total. The SMILES string of the molecule is CCOc1ccc(S(=O)(=O)N2CCOCC2)cc1NC(=O)CN1C(=O)NC(C)(C2CC2)C1=O. The standard InChI is InChI=1S/C21H28N4O7S/c1-3-32-17-7-6-15(33(29,30)24-8-10-31-11-9-24)12-16(17)22-18(26)13-25-19(27)21(2,14-4-5-14)23-20(25)28/h6-7,12,14H,3-5,8-11,13H2,1-2H3,(H,22,26)(H,23,28). The van der Waals surface area contributed by atoms with Gasteiger partial charge >= 0.3 is 6.03 Å². The Balaban J connectivity index is 1.52. The first-order valence-electron chi connectivity index (χ1n) is 11.0. The topological polar surface area (TPSA) is 134 Å². The van der Waals surface area contributed by atoms with Crippen molar-refractivity contribution in [1.29, 1.82) is 0 Å². The lowest BCUT2D eigenvalue weighted by molar-refractivity contribution is -0.134. The van der Waals surface area contributed by atoms with Gasteiger partial charge in [-0.25, -0.2) is 13.2 Å². The lowest BCUT2D eigenvalue weighted by Gasteiger charge is -2.26. The van der Waals surface area contributed by atoms with Crippen molar-refractivity contribution in [1.82, 2.24) is 14.5 Å². The fourth-order valence-corrected chi connectivity index (χ4v) is 5.55. The second-order valence-corrected chi connectivity index (χ2v) is 10.4. The van der Waals surface area contributed by atoms with Gasteiger partial charge in [-0.3, -0.25) is 14.5 Å². The summed E-state index contributed by atoms with van der Waals surface area (Å²) in [6.07, 6.45) is 1.70. The molecule has 1 aromatic rings. The van der Waals surface area contributed by atoms with Crippen molar-refractivity contribution in [3.05, 3.63) is 18.2 Å². The van der Waals surface area contributed by atoms with E-state index in [1.165, 1.54) is 22.5 Å². The molecule has 3 aliphatic rings. The minimum absolute atomic E-state index is 0.000506. The van der Waals surface area contributed by atoms with E-state index in [0.717, 1.165) is 17.7 Å². The number of sulfonamides is 1. The number of hydrogen-bond acceptors (Lipinski definition) is 7. The minimum atomic E-state index is -3.79. The van der Waals surface area contributed by atoms with Gasteiger partial charge in [0.15, 0.2) is 0 Å². The largest absolute Gasteiger partial charge is 0.492 e. The maximum Gasteiger partial charge on any atom is 0.325 e. The van der Waals surface area contributed by atoms with Crippen LogP contribution in [0.5, 0.6) is 5.75 Å². The molecule has 4 amide bonds. The van der Waals surface area contributed by atoms with Crippen molar-refractivity contribution in [3.63, 3.8) is 0 Å². The molecule has 33 heavy (non-hydrogen) atoms. The molecule has 2 saturated heterocycles. The van der Waals surface area contributed by atoms with Crippen LogP contribution in [0.15, 0.2) is 23.1 Å². The number of nitrogens with one attached hydrogen (secondary N) is 2. The molecule has 4 rings (SSSR count). The molecular formula is C21H28N4O7S. The highest BCUT2D eigenvalue weighted by Crippen LogP contribution is 2.42. The van der Waals surface area contributed by atoms with Crippen LogP contribution >= 0.6 is 0 Å². The molecule has 180 valence electrons. The average molecular weight is 481 g/mol. The van der Waals surface area contributed by atoms with Crippen molar-refractivity contribution in [3.8, 4) is 5.75 Å². The maximum atomic E-state index is 13.0. The van der Waals surface area contributed by atoms with Crippen LogP contribution < -0.4 is 15.4 Å². The number of ether oxygens (including phenoxy) is 2. The number of carbonyl (C=O) groups excluding carboxylic acids is 3. The highest BCUT2D eigenvalue weighted by molar-refractivity contribution is 7.89. The quantitative estimate of drug-likeness (QED) is 0.525. The molecule has 2 aliphatic heterocycles. The van der Waals surface area contributed by atoms with Crippen molar-refractivity contribution < 1.29 is 32.3 Å². The number of urea groups is 1. The fourth-order valence-electron chi connectivity index (χ4n) is 4.11. The number of benzene rings is 1. The Morgan fingerprint density at radius 1 is 1.27 bits per heavy atom. The zero-order valence-corrected chi connectivity index (χ0v) is 19.4.